The minimum atomic E-state index is -0.406. The van der Waals surface area contributed by atoms with E-state index in [9.17, 15) is 4.79 Å². The first-order valence-corrected chi connectivity index (χ1v) is 5.84. The van der Waals surface area contributed by atoms with Gasteiger partial charge in [-0.25, -0.2) is 9.97 Å². The number of anilines is 2. The molecule has 2 aromatic rings. The van der Waals surface area contributed by atoms with E-state index in [1.807, 2.05) is 13.0 Å². The van der Waals surface area contributed by atoms with Gasteiger partial charge < -0.3 is 15.0 Å². The summed E-state index contributed by atoms with van der Waals surface area (Å²) < 4.78 is 5.13. The topological polar surface area (TPSA) is 104 Å². The van der Waals surface area contributed by atoms with Crippen molar-refractivity contribution < 1.29 is 4.74 Å². The summed E-state index contributed by atoms with van der Waals surface area (Å²) in [5, 5.41) is 11.7. The van der Waals surface area contributed by atoms with Crippen LogP contribution in [0.5, 0.6) is 5.88 Å². The third-order valence-corrected chi connectivity index (χ3v) is 2.71. The molecule has 0 saturated carbocycles. The van der Waals surface area contributed by atoms with E-state index in [2.05, 4.69) is 20.3 Å². The van der Waals surface area contributed by atoms with E-state index >= 15 is 0 Å². The molecule has 2 rings (SSSR count). The van der Waals surface area contributed by atoms with Crippen molar-refractivity contribution in [1.29, 1.82) is 5.26 Å². The molecule has 0 aromatic carbocycles. The maximum atomic E-state index is 11.7. The predicted molar refractivity (Wildman–Crippen MR) is 73.1 cm³/mol. The molecule has 0 aliphatic heterocycles. The van der Waals surface area contributed by atoms with Gasteiger partial charge in [-0.1, -0.05) is 0 Å². The summed E-state index contributed by atoms with van der Waals surface area (Å²) >= 11 is 0. The van der Waals surface area contributed by atoms with Gasteiger partial charge in [0.25, 0.3) is 5.56 Å². The number of nitriles is 1. The van der Waals surface area contributed by atoms with Gasteiger partial charge in [0.05, 0.1) is 18.5 Å². The van der Waals surface area contributed by atoms with Crippen LogP contribution in [0.15, 0.2) is 17.1 Å². The first-order valence-electron chi connectivity index (χ1n) is 5.84. The van der Waals surface area contributed by atoms with Crippen molar-refractivity contribution in [3.05, 3.63) is 39.6 Å². The number of aromatic nitrogens is 3. The monoisotopic (exact) mass is 271 g/mol. The summed E-state index contributed by atoms with van der Waals surface area (Å²) in [4.78, 5) is 22.3. The average Bonchev–Trinajstić information content (AvgIpc) is 2.44. The number of hydrogen-bond donors (Lipinski definition) is 2. The Balaban J connectivity index is 2.43. The number of methoxy groups -OCH3 is 1. The molecule has 0 atom stereocenters. The van der Waals surface area contributed by atoms with E-state index in [-0.39, 0.29) is 11.5 Å². The van der Waals surface area contributed by atoms with E-state index in [0.29, 0.717) is 17.3 Å². The summed E-state index contributed by atoms with van der Waals surface area (Å²) in [7, 11) is 1.55. The summed E-state index contributed by atoms with van der Waals surface area (Å²) in [6, 6.07) is 3.67. The van der Waals surface area contributed by atoms with E-state index in [4.69, 9.17) is 10.00 Å². The Kier molecular flexibility index (Phi) is 3.66. The van der Waals surface area contributed by atoms with Crippen LogP contribution in [0.3, 0.4) is 0 Å². The smallest absolute Gasteiger partial charge is 0.291 e. The molecule has 0 spiro atoms. The van der Waals surface area contributed by atoms with Gasteiger partial charge >= 0.3 is 0 Å². The Labute approximate surface area is 115 Å². The number of aromatic amines is 1. The molecule has 2 heterocycles. The normalized spacial score (nSPS) is 9.90. The standard InChI is InChI=1S/C13H13N5O2/c1-7-4-10(8(2)16-13(7)20-3)18-11-12(19)15-6-9(5-14)17-11/h4,6H,1-3H3,(H,15,19)(H,17,18). The summed E-state index contributed by atoms with van der Waals surface area (Å²) in [6.07, 6.45) is 1.26. The number of pyridine rings is 1. The van der Waals surface area contributed by atoms with E-state index < -0.39 is 5.56 Å². The molecule has 0 aliphatic carbocycles. The molecule has 0 fully saturated rings. The van der Waals surface area contributed by atoms with Crippen molar-refractivity contribution in [2.24, 2.45) is 0 Å². The second-order valence-corrected chi connectivity index (χ2v) is 4.15. The van der Waals surface area contributed by atoms with Crippen molar-refractivity contribution in [2.45, 2.75) is 13.8 Å². The summed E-state index contributed by atoms with van der Waals surface area (Å²) in [6.45, 7) is 3.63. The fourth-order valence-corrected chi connectivity index (χ4v) is 1.69. The Morgan fingerprint density at radius 2 is 2.15 bits per heavy atom. The first kappa shape index (κ1) is 13.5. The van der Waals surface area contributed by atoms with E-state index in [1.165, 1.54) is 6.20 Å². The highest BCUT2D eigenvalue weighted by Crippen LogP contribution is 2.23. The van der Waals surface area contributed by atoms with Crippen molar-refractivity contribution in [3.63, 3.8) is 0 Å². The van der Waals surface area contributed by atoms with Gasteiger partial charge in [-0.05, 0) is 19.9 Å². The minimum absolute atomic E-state index is 0.0542. The number of hydrogen-bond acceptors (Lipinski definition) is 6. The molecule has 7 heteroatoms. The third kappa shape index (κ3) is 2.59. The number of nitrogens with zero attached hydrogens (tertiary/aromatic N) is 3. The van der Waals surface area contributed by atoms with Crippen LogP contribution in [0.1, 0.15) is 17.0 Å². The third-order valence-electron chi connectivity index (χ3n) is 2.71. The Hall–Kier alpha value is -2.88. The maximum absolute atomic E-state index is 11.7. The molecule has 0 amide bonds. The molecule has 102 valence electrons. The van der Waals surface area contributed by atoms with Crippen molar-refractivity contribution in [2.75, 3.05) is 12.4 Å². The first-order chi connectivity index (χ1) is 9.55. The average molecular weight is 271 g/mol. The zero-order valence-corrected chi connectivity index (χ0v) is 11.3. The van der Waals surface area contributed by atoms with Crippen LogP contribution in [0.4, 0.5) is 11.5 Å². The van der Waals surface area contributed by atoms with Crippen LogP contribution in [-0.4, -0.2) is 22.1 Å². The van der Waals surface area contributed by atoms with Crippen LogP contribution in [0.2, 0.25) is 0 Å². The number of nitrogens with one attached hydrogen (secondary N) is 2. The SMILES string of the molecule is COc1nc(C)c(Nc2nc(C#N)c[nH]c2=O)cc1C. The largest absolute Gasteiger partial charge is 0.481 e. The highest BCUT2D eigenvalue weighted by molar-refractivity contribution is 5.60. The van der Waals surface area contributed by atoms with Crippen LogP contribution >= 0.6 is 0 Å². The van der Waals surface area contributed by atoms with Crippen LogP contribution in [-0.2, 0) is 0 Å². The molecule has 0 radical (unpaired) electrons. The lowest BCUT2D eigenvalue weighted by atomic mass is 10.2. The lowest BCUT2D eigenvalue weighted by Gasteiger charge is -2.11. The molecule has 0 bridgehead atoms. The van der Waals surface area contributed by atoms with Gasteiger partial charge in [0, 0.05) is 11.8 Å². The molecular formula is C13H13N5O2. The Morgan fingerprint density at radius 3 is 2.80 bits per heavy atom. The zero-order chi connectivity index (χ0) is 14.7. The number of ether oxygens (including phenoxy) is 1. The van der Waals surface area contributed by atoms with Crippen LogP contribution < -0.4 is 15.6 Å². The molecule has 0 unspecified atom stereocenters. The maximum Gasteiger partial charge on any atom is 0.291 e. The number of aryl methyl sites for hydroxylation is 2. The molecule has 20 heavy (non-hydrogen) atoms. The van der Waals surface area contributed by atoms with Gasteiger partial charge in [0.15, 0.2) is 11.5 Å². The fourth-order valence-electron chi connectivity index (χ4n) is 1.69. The Morgan fingerprint density at radius 1 is 1.40 bits per heavy atom. The molecule has 0 aliphatic rings. The molecule has 7 nitrogen and oxygen atoms in total. The molecular weight excluding hydrogens is 258 g/mol. The Bertz CT molecular complexity index is 745. The van der Waals surface area contributed by atoms with Gasteiger partial charge in [0.1, 0.15) is 6.07 Å². The number of H-pyrrole nitrogens is 1. The zero-order valence-electron chi connectivity index (χ0n) is 11.3. The number of rotatable bonds is 3. The van der Waals surface area contributed by atoms with E-state index in [1.54, 1.807) is 20.1 Å². The van der Waals surface area contributed by atoms with E-state index in [0.717, 1.165) is 5.56 Å². The molecule has 2 N–H and O–H groups in total. The van der Waals surface area contributed by atoms with Crippen LogP contribution in [0, 0.1) is 25.2 Å². The second-order valence-electron chi connectivity index (χ2n) is 4.15. The van der Waals surface area contributed by atoms with Crippen molar-refractivity contribution >= 4 is 11.5 Å². The van der Waals surface area contributed by atoms with Crippen molar-refractivity contribution in [3.8, 4) is 11.9 Å². The lowest BCUT2D eigenvalue weighted by molar-refractivity contribution is 0.394. The van der Waals surface area contributed by atoms with Gasteiger partial charge in [-0.2, -0.15) is 5.26 Å². The highest BCUT2D eigenvalue weighted by atomic mass is 16.5. The molecule has 0 saturated heterocycles. The van der Waals surface area contributed by atoms with Crippen LogP contribution in [0.25, 0.3) is 0 Å². The van der Waals surface area contributed by atoms with Gasteiger partial charge in [0.2, 0.25) is 5.88 Å². The minimum Gasteiger partial charge on any atom is -0.481 e. The van der Waals surface area contributed by atoms with Crippen molar-refractivity contribution in [1.82, 2.24) is 15.0 Å². The summed E-state index contributed by atoms with van der Waals surface area (Å²) in [5.41, 5.74) is 1.85. The summed E-state index contributed by atoms with van der Waals surface area (Å²) in [5.74, 6) is 0.583. The fraction of sp³-hybridized carbons (Fsp3) is 0.231. The highest BCUT2D eigenvalue weighted by Gasteiger charge is 2.10. The second kappa shape index (κ2) is 5.40. The van der Waals surface area contributed by atoms with Gasteiger partial charge in [-0.3, -0.25) is 4.79 Å². The lowest BCUT2D eigenvalue weighted by Crippen LogP contribution is -2.15. The quantitative estimate of drug-likeness (QED) is 0.874. The van der Waals surface area contributed by atoms with Gasteiger partial charge in [-0.15, -0.1) is 0 Å². The predicted octanol–water partition coefficient (Wildman–Crippen LogP) is 1.41. The molecule has 2 aromatic heterocycles.